The third kappa shape index (κ3) is 9.07. The van der Waals surface area contributed by atoms with Crippen LogP contribution >= 0.6 is 0 Å². The van der Waals surface area contributed by atoms with Crippen LogP contribution in [-0.2, 0) is 16.2 Å². The van der Waals surface area contributed by atoms with Gasteiger partial charge in [-0.2, -0.15) is 0 Å². The normalized spacial score (nSPS) is 13.1. The van der Waals surface area contributed by atoms with Crippen molar-refractivity contribution in [1.82, 2.24) is 9.55 Å². The van der Waals surface area contributed by atoms with E-state index in [-0.39, 0.29) is 16.2 Å². The van der Waals surface area contributed by atoms with Gasteiger partial charge in [-0.05, 0) is 134 Å². The minimum absolute atomic E-state index is 0.0334. The molecule has 2 aromatic heterocycles. The maximum Gasteiger partial charge on any atom is 0.137 e. The third-order valence-corrected chi connectivity index (χ3v) is 16.0. The van der Waals surface area contributed by atoms with E-state index in [2.05, 4.69) is 285 Å². The minimum atomic E-state index is -0.362. The van der Waals surface area contributed by atoms with Gasteiger partial charge in [-0.25, -0.2) is 4.98 Å². The number of hydrogen-bond acceptors (Lipinski definition) is 4. The second-order valence-corrected chi connectivity index (χ2v) is 23.4. The average Bonchev–Trinajstić information content (AvgIpc) is 3.96. The van der Waals surface area contributed by atoms with Gasteiger partial charge in [0.15, 0.2) is 0 Å². The van der Waals surface area contributed by atoms with Gasteiger partial charge in [0.05, 0.1) is 22.4 Å². The topological polar surface area (TPSA) is 33.5 Å². The summed E-state index contributed by atoms with van der Waals surface area (Å²) in [5.74, 6) is 3.14. The summed E-state index contributed by atoms with van der Waals surface area (Å²) >= 11 is 0. The zero-order valence-corrected chi connectivity index (χ0v) is 45.6. The molecule has 0 radical (unpaired) electrons. The fraction of sp³-hybridized carbons (Fsp3) is 0.243. The molecule has 0 atom stereocenters. The van der Waals surface area contributed by atoms with E-state index < -0.39 is 0 Å². The molecule has 1 aliphatic rings. The van der Waals surface area contributed by atoms with Crippen LogP contribution in [0.4, 0.5) is 22.7 Å². The molecule has 0 amide bonds. The lowest BCUT2D eigenvalue weighted by molar-refractivity contribution is 0.480. The average molecular weight is 983 g/mol. The summed E-state index contributed by atoms with van der Waals surface area (Å²) in [5, 5.41) is 2.33. The van der Waals surface area contributed by atoms with Gasteiger partial charge in [0.2, 0.25) is 0 Å². The fourth-order valence-corrected chi connectivity index (χ4v) is 11.4. The molecule has 5 nitrogen and oxygen atoms in total. The van der Waals surface area contributed by atoms with E-state index in [1.54, 1.807) is 0 Å². The first-order valence-corrected chi connectivity index (χ1v) is 26.8. The van der Waals surface area contributed by atoms with Crippen molar-refractivity contribution in [3.8, 4) is 28.4 Å². The number of hydrogen-bond donors (Lipinski definition) is 0. The van der Waals surface area contributed by atoms with Crippen molar-refractivity contribution < 1.29 is 4.74 Å². The molecule has 0 spiro atoms. The molecule has 0 bridgehead atoms. The summed E-state index contributed by atoms with van der Waals surface area (Å²) in [5.41, 5.74) is 17.6. The number of benzene rings is 8. The fourth-order valence-electron chi connectivity index (χ4n) is 11.4. The molecule has 0 unspecified atom stereocenters. The van der Waals surface area contributed by atoms with Crippen LogP contribution < -0.4 is 14.5 Å². The maximum atomic E-state index is 7.22. The predicted octanol–water partition coefficient (Wildman–Crippen LogP) is 19.1. The lowest BCUT2D eigenvalue weighted by Gasteiger charge is -2.30. The van der Waals surface area contributed by atoms with Crippen LogP contribution in [0.5, 0.6) is 11.5 Å². The third-order valence-electron chi connectivity index (χ3n) is 16.0. The van der Waals surface area contributed by atoms with Crippen molar-refractivity contribution in [3.05, 3.63) is 239 Å². The standard InChI is InChI=1S/C70H70N4O/c1-46(2)58-29-21-30-59(47(3)4)67(58)48-32-35-63-65(38-48)73(45-72(63)54-27-20-26-52(39-54)69(8,9)49-22-14-12-15-23-49)55-40-53(70(10,11)50-24-16-13-17-25-50)41-57(43-55)75-56-33-34-61-60-28-18-19-31-62(60)74(64(61)44-56)66-42-51(36-37-71-66)68(5,6)7/h12-44,46-47H,45H2,1-11H3. The summed E-state index contributed by atoms with van der Waals surface area (Å²) in [7, 11) is 0. The zero-order valence-electron chi connectivity index (χ0n) is 45.6. The first-order valence-electron chi connectivity index (χ1n) is 26.8. The van der Waals surface area contributed by atoms with Gasteiger partial charge >= 0.3 is 0 Å². The first-order chi connectivity index (χ1) is 36.0. The van der Waals surface area contributed by atoms with Gasteiger partial charge in [-0.1, -0.05) is 191 Å². The molecule has 0 aliphatic carbocycles. The van der Waals surface area contributed by atoms with Crippen molar-refractivity contribution in [1.29, 1.82) is 0 Å². The highest BCUT2D eigenvalue weighted by Crippen LogP contribution is 2.50. The zero-order chi connectivity index (χ0) is 52.4. The molecule has 10 aromatic rings. The quantitative estimate of drug-likeness (QED) is 0.122. The number of rotatable bonds is 12. The Morgan fingerprint density at radius 2 is 1.04 bits per heavy atom. The second kappa shape index (κ2) is 19.1. The van der Waals surface area contributed by atoms with Crippen LogP contribution in [0.3, 0.4) is 0 Å². The van der Waals surface area contributed by atoms with Gasteiger partial charge in [-0.3, -0.25) is 4.57 Å². The predicted molar refractivity (Wildman–Crippen MR) is 317 cm³/mol. The van der Waals surface area contributed by atoms with E-state index in [1.807, 2.05) is 6.20 Å². The Bertz CT molecular complexity index is 3700. The maximum absolute atomic E-state index is 7.22. The highest BCUT2D eigenvalue weighted by molar-refractivity contribution is 6.09. The smallest absolute Gasteiger partial charge is 0.137 e. The molecule has 0 saturated heterocycles. The number of para-hydroxylation sites is 1. The highest BCUT2D eigenvalue weighted by atomic mass is 16.5. The number of pyridine rings is 1. The Kier molecular flexibility index (Phi) is 12.6. The molecule has 5 heteroatoms. The van der Waals surface area contributed by atoms with Crippen LogP contribution in [0.25, 0.3) is 38.8 Å². The number of ether oxygens (including phenoxy) is 1. The van der Waals surface area contributed by atoms with E-state index in [4.69, 9.17) is 9.72 Å². The van der Waals surface area contributed by atoms with Gasteiger partial charge in [0.1, 0.15) is 24.0 Å². The molecule has 75 heavy (non-hydrogen) atoms. The Balaban J connectivity index is 1.09. The molecular weight excluding hydrogens is 913 g/mol. The Morgan fingerprint density at radius 3 is 1.72 bits per heavy atom. The summed E-state index contributed by atoms with van der Waals surface area (Å²) in [6.07, 6.45) is 1.94. The molecule has 11 rings (SSSR count). The second-order valence-electron chi connectivity index (χ2n) is 23.4. The van der Waals surface area contributed by atoms with E-state index >= 15 is 0 Å². The largest absolute Gasteiger partial charge is 0.457 e. The molecule has 0 fully saturated rings. The summed E-state index contributed by atoms with van der Waals surface area (Å²) in [4.78, 5) is 9.97. The highest BCUT2D eigenvalue weighted by Gasteiger charge is 2.33. The Morgan fingerprint density at radius 1 is 0.440 bits per heavy atom. The molecule has 376 valence electrons. The van der Waals surface area contributed by atoms with Gasteiger partial charge in [-0.15, -0.1) is 0 Å². The number of fused-ring (bicyclic) bond motifs is 4. The first kappa shape index (κ1) is 49.3. The summed E-state index contributed by atoms with van der Waals surface area (Å²) < 4.78 is 9.51. The Hall–Kier alpha value is -7.89. The SMILES string of the molecule is CC(C)c1cccc(C(C)C)c1-c1ccc2c(c1)N(c1cc(Oc3ccc4c5ccccc5n(-c5cc(C(C)(C)C)ccn5)c4c3)cc(C(C)(C)c3ccccc3)c1)CN2c1cccc(C(C)(C)c2ccccc2)c1. The van der Waals surface area contributed by atoms with Crippen LogP contribution in [0.2, 0.25) is 0 Å². The minimum Gasteiger partial charge on any atom is -0.457 e. The number of nitrogens with zero attached hydrogens (tertiary/aromatic N) is 4. The van der Waals surface area contributed by atoms with E-state index in [0.717, 1.165) is 56.4 Å². The molecular formula is C70H70N4O. The summed E-state index contributed by atoms with van der Waals surface area (Å²) in [6.45, 7) is 25.9. The van der Waals surface area contributed by atoms with Crippen molar-refractivity contribution in [2.75, 3.05) is 16.5 Å². The van der Waals surface area contributed by atoms with Crippen LogP contribution in [0, 0.1) is 0 Å². The van der Waals surface area contributed by atoms with Crippen molar-refractivity contribution in [3.63, 3.8) is 0 Å². The van der Waals surface area contributed by atoms with Crippen LogP contribution in [-0.4, -0.2) is 16.2 Å². The van der Waals surface area contributed by atoms with Gasteiger partial charge in [0.25, 0.3) is 0 Å². The van der Waals surface area contributed by atoms with E-state index in [9.17, 15) is 0 Å². The number of aromatic nitrogens is 2. The molecule has 8 aromatic carbocycles. The van der Waals surface area contributed by atoms with E-state index in [1.165, 1.54) is 55.6 Å². The van der Waals surface area contributed by atoms with Crippen LogP contribution in [0.15, 0.2) is 200 Å². The van der Waals surface area contributed by atoms with Crippen LogP contribution in [0.1, 0.15) is 127 Å². The van der Waals surface area contributed by atoms with Gasteiger partial charge < -0.3 is 14.5 Å². The van der Waals surface area contributed by atoms with Crippen molar-refractivity contribution in [2.24, 2.45) is 0 Å². The monoisotopic (exact) mass is 983 g/mol. The molecule has 3 heterocycles. The lowest BCUT2D eigenvalue weighted by Crippen LogP contribution is -2.26. The van der Waals surface area contributed by atoms with E-state index in [0.29, 0.717) is 18.5 Å². The lowest BCUT2D eigenvalue weighted by atomic mass is 9.78. The van der Waals surface area contributed by atoms with Crippen molar-refractivity contribution >= 4 is 44.6 Å². The number of anilines is 4. The molecule has 0 N–H and O–H groups in total. The van der Waals surface area contributed by atoms with Crippen molar-refractivity contribution in [2.45, 2.75) is 104 Å². The molecule has 0 saturated carbocycles. The summed E-state index contributed by atoms with van der Waals surface area (Å²) in [6, 6.07) is 71.3. The Labute approximate surface area is 445 Å². The van der Waals surface area contributed by atoms with Gasteiger partial charge in [0, 0.05) is 51.3 Å². The molecule has 1 aliphatic heterocycles.